The van der Waals surface area contributed by atoms with Crippen LogP contribution in [-0.2, 0) is 19.4 Å². The highest BCUT2D eigenvalue weighted by Gasteiger charge is 2.26. The van der Waals surface area contributed by atoms with Crippen LogP contribution < -0.4 is 15.4 Å². The number of benzene rings is 2. The van der Waals surface area contributed by atoms with Gasteiger partial charge in [0.1, 0.15) is 24.0 Å². The number of hydrogen-bond acceptors (Lipinski definition) is 6. The average Bonchev–Trinajstić information content (AvgIpc) is 2.78. The quantitative estimate of drug-likeness (QED) is 0.700. The van der Waals surface area contributed by atoms with Gasteiger partial charge in [-0.05, 0) is 61.3 Å². The minimum absolute atomic E-state index is 0.242. The van der Waals surface area contributed by atoms with E-state index in [9.17, 15) is 4.39 Å². The van der Waals surface area contributed by atoms with E-state index in [1.165, 1.54) is 23.3 Å². The summed E-state index contributed by atoms with van der Waals surface area (Å²) in [4.78, 5) is 13.9. The summed E-state index contributed by atoms with van der Waals surface area (Å²) in [5, 5.41) is 0. The molecule has 0 radical (unpaired) electrons. The van der Waals surface area contributed by atoms with E-state index in [0.29, 0.717) is 12.6 Å². The van der Waals surface area contributed by atoms with Gasteiger partial charge >= 0.3 is 0 Å². The van der Waals surface area contributed by atoms with E-state index in [1.807, 2.05) is 6.07 Å². The van der Waals surface area contributed by atoms with Crippen molar-refractivity contribution in [2.24, 2.45) is 0 Å². The summed E-state index contributed by atoms with van der Waals surface area (Å²) >= 11 is 0. The summed E-state index contributed by atoms with van der Waals surface area (Å²) < 4.78 is 19.0. The molecule has 160 valence electrons. The van der Waals surface area contributed by atoms with Crippen molar-refractivity contribution in [3.63, 3.8) is 0 Å². The maximum Gasteiger partial charge on any atom is 0.222 e. The Morgan fingerprint density at radius 2 is 1.77 bits per heavy atom. The van der Waals surface area contributed by atoms with Crippen molar-refractivity contribution in [1.82, 2.24) is 14.9 Å². The van der Waals surface area contributed by atoms with Gasteiger partial charge in [-0.15, -0.1) is 0 Å². The van der Waals surface area contributed by atoms with Gasteiger partial charge in [-0.25, -0.2) is 9.37 Å². The molecular weight excluding hydrogens is 393 g/mol. The van der Waals surface area contributed by atoms with Gasteiger partial charge in [0, 0.05) is 37.3 Å². The third-order valence-corrected chi connectivity index (χ3v) is 6.10. The molecular formula is C24H26FN5O. The van der Waals surface area contributed by atoms with Gasteiger partial charge < -0.3 is 20.3 Å². The maximum absolute atomic E-state index is 13.1. The van der Waals surface area contributed by atoms with Crippen LogP contribution in [0, 0.1) is 5.82 Å². The lowest BCUT2D eigenvalue weighted by atomic mass is 9.88. The number of aromatic nitrogens is 2. The van der Waals surface area contributed by atoms with Crippen LogP contribution in [0.4, 0.5) is 16.2 Å². The molecule has 6 nitrogen and oxygen atoms in total. The predicted molar refractivity (Wildman–Crippen MR) is 120 cm³/mol. The second kappa shape index (κ2) is 8.15. The molecule has 0 amide bonds. The Labute approximate surface area is 181 Å². The number of nitrogens with two attached hydrogens (primary N) is 1. The summed E-state index contributed by atoms with van der Waals surface area (Å²) in [5.74, 6) is 1.86. The van der Waals surface area contributed by atoms with E-state index in [2.05, 4.69) is 38.9 Å². The molecule has 1 aromatic heterocycles. The first kappa shape index (κ1) is 19.8. The molecule has 3 aromatic rings. The maximum atomic E-state index is 13.1. The number of likely N-dealkylation sites (N-methyl/N-ethyl adjacent to an activating group) is 1. The molecule has 5 rings (SSSR count). The summed E-state index contributed by atoms with van der Waals surface area (Å²) in [5.41, 5.74) is 11.5. The Balaban J connectivity index is 1.40. The van der Waals surface area contributed by atoms with Crippen molar-refractivity contribution >= 4 is 11.8 Å². The van der Waals surface area contributed by atoms with Crippen LogP contribution in [0.5, 0.6) is 5.75 Å². The van der Waals surface area contributed by atoms with Crippen molar-refractivity contribution in [1.29, 1.82) is 0 Å². The molecule has 0 spiro atoms. The molecule has 0 saturated carbocycles. The number of nitrogen functional groups attached to an aromatic ring is 1. The number of hydrogen-bond donors (Lipinski definition) is 1. The monoisotopic (exact) mass is 419 g/mol. The van der Waals surface area contributed by atoms with E-state index in [-0.39, 0.29) is 5.82 Å². The number of fused-ring (bicyclic) bond motifs is 3. The van der Waals surface area contributed by atoms with E-state index in [1.54, 1.807) is 12.1 Å². The van der Waals surface area contributed by atoms with Crippen LogP contribution in [0.15, 0.2) is 42.5 Å². The van der Waals surface area contributed by atoms with Crippen molar-refractivity contribution in [2.75, 3.05) is 43.9 Å². The molecule has 0 bridgehead atoms. The number of rotatable bonds is 4. The molecule has 2 aromatic carbocycles. The molecule has 2 aliphatic rings. The number of anilines is 2. The van der Waals surface area contributed by atoms with Crippen LogP contribution in [0.25, 0.3) is 11.3 Å². The van der Waals surface area contributed by atoms with Crippen LogP contribution in [0.2, 0.25) is 0 Å². The number of halogens is 1. The fraction of sp³-hybridized carbons (Fsp3) is 0.333. The molecule has 0 unspecified atom stereocenters. The Bertz CT molecular complexity index is 1090. The number of aryl methyl sites for hydroxylation is 1. The van der Waals surface area contributed by atoms with E-state index in [0.717, 1.165) is 67.4 Å². The van der Waals surface area contributed by atoms with E-state index >= 15 is 0 Å². The first-order valence-electron chi connectivity index (χ1n) is 10.7. The molecule has 1 saturated heterocycles. The zero-order valence-corrected chi connectivity index (χ0v) is 17.6. The molecule has 31 heavy (non-hydrogen) atoms. The third-order valence-electron chi connectivity index (χ3n) is 6.10. The Morgan fingerprint density at radius 3 is 2.55 bits per heavy atom. The summed E-state index contributed by atoms with van der Waals surface area (Å²) in [7, 11) is 2.15. The number of nitrogens with zero attached hydrogens (tertiary/aromatic N) is 4. The molecule has 7 heteroatoms. The van der Waals surface area contributed by atoms with Gasteiger partial charge in [-0.1, -0.05) is 12.1 Å². The van der Waals surface area contributed by atoms with Gasteiger partial charge in [-0.3, -0.25) is 0 Å². The highest BCUT2D eigenvalue weighted by molar-refractivity contribution is 5.76. The second-order valence-corrected chi connectivity index (χ2v) is 8.26. The fourth-order valence-electron chi connectivity index (χ4n) is 4.33. The Hall–Kier alpha value is -3.19. The normalized spacial score (nSPS) is 16.0. The molecule has 2 heterocycles. The topological polar surface area (TPSA) is 67.5 Å². The lowest BCUT2D eigenvalue weighted by molar-refractivity contribution is 0.306. The number of piperazine rings is 1. The molecule has 0 atom stereocenters. The summed E-state index contributed by atoms with van der Waals surface area (Å²) in [6.07, 6.45) is 1.79. The van der Waals surface area contributed by atoms with E-state index < -0.39 is 0 Å². The van der Waals surface area contributed by atoms with Crippen molar-refractivity contribution < 1.29 is 9.13 Å². The largest absolute Gasteiger partial charge is 0.489 e. The lowest BCUT2D eigenvalue weighted by Crippen LogP contribution is -2.45. The van der Waals surface area contributed by atoms with Crippen molar-refractivity contribution in [3.05, 3.63) is 65.0 Å². The van der Waals surface area contributed by atoms with Crippen LogP contribution >= 0.6 is 0 Å². The van der Waals surface area contributed by atoms with Crippen LogP contribution in [0.1, 0.15) is 16.7 Å². The third kappa shape index (κ3) is 4.05. The van der Waals surface area contributed by atoms with Crippen LogP contribution in [-0.4, -0.2) is 48.1 Å². The first-order valence-corrected chi connectivity index (χ1v) is 10.7. The van der Waals surface area contributed by atoms with Gasteiger partial charge in [0.2, 0.25) is 5.95 Å². The van der Waals surface area contributed by atoms with Crippen molar-refractivity contribution in [2.45, 2.75) is 19.4 Å². The summed E-state index contributed by atoms with van der Waals surface area (Å²) in [6, 6.07) is 12.5. The standard InChI is InChI=1S/C24H26FN5O/c1-29-10-12-30(13-11-29)23-21-8-4-17-14-19(31-15-16-2-5-18(25)6-3-16)7-9-20(17)22(21)27-24(26)28-23/h2-3,5-7,9,14H,4,8,10-13,15H2,1H3,(H2,26,27,28). The number of ether oxygens (including phenoxy) is 1. The second-order valence-electron chi connectivity index (χ2n) is 8.26. The fourth-order valence-corrected chi connectivity index (χ4v) is 4.33. The smallest absolute Gasteiger partial charge is 0.222 e. The average molecular weight is 420 g/mol. The molecule has 1 aliphatic heterocycles. The Kier molecular flexibility index (Phi) is 5.19. The van der Waals surface area contributed by atoms with Crippen LogP contribution in [0.3, 0.4) is 0 Å². The zero-order valence-electron chi connectivity index (χ0n) is 17.6. The van der Waals surface area contributed by atoms with Gasteiger partial charge in [0.25, 0.3) is 0 Å². The predicted octanol–water partition coefficient (Wildman–Crippen LogP) is 3.29. The highest BCUT2D eigenvalue weighted by atomic mass is 19.1. The molecule has 1 fully saturated rings. The molecule has 2 N–H and O–H groups in total. The van der Waals surface area contributed by atoms with Gasteiger partial charge in [0.05, 0.1) is 5.69 Å². The van der Waals surface area contributed by atoms with E-state index in [4.69, 9.17) is 10.5 Å². The van der Waals surface area contributed by atoms with Gasteiger partial charge in [-0.2, -0.15) is 4.98 Å². The molecule has 1 aliphatic carbocycles. The van der Waals surface area contributed by atoms with Crippen molar-refractivity contribution in [3.8, 4) is 17.0 Å². The minimum atomic E-state index is -0.242. The lowest BCUT2D eigenvalue weighted by Gasteiger charge is -2.35. The summed E-state index contributed by atoms with van der Waals surface area (Å²) in [6.45, 7) is 4.33. The van der Waals surface area contributed by atoms with Gasteiger partial charge in [0.15, 0.2) is 0 Å². The first-order chi connectivity index (χ1) is 15.1. The minimum Gasteiger partial charge on any atom is -0.489 e. The SMILES string of the molecule is CN1CCN(c2nc(N)nc3c2CCc2cc(OCc4ccc(F)cc4)ccc2-3)CC1. The highest BCUT2D eigenvalue weighted by Crippen LogP contribution is 2.38. The Morgan fingerprint density at radius 1 is 1.00 bits per heavy atom. The zero-order chi connectivity index (χ0) is 21.4.